The van der Waals surface area contributed by atoms with Gasteiger partial charge in [0.2, 0.25) is 0 Å². The van der Waals surface area contributed by atoms with Crippen molar-refractivity contribution in [1.29, 1.82) is 0 Å². The highest BCUT2D eigenvalue weighted by molar-refractivity contribution is 6.30. The van der Waals surface area contributed by atoms with Gasteiger partial charge >= 0.3 is 0 Å². The predicted octanol–water partition coefficient (Wildman–Crippen LogP) is 3.26. The van der Waals surface area contributed by atoms with Gasteiger partial charge in [-0.05, 0) is 37.7 Å². The first kappa shape index (κ1) is 14.8. The van der Waals surface area contributed by atoms with Crippen LogP contribution < -0.4 is 10.5 Å². The van der Waals surface area contributed by atoms with E-state index in [9.17, 15) is 4.39 Å². The molecular formula is C15H16ClFN2O. The summed E-state index contributed by atoms with van der Waals surface area (Å²) < 4.78 is 19.3. The van der Waals surface area contributed by atoms with Crippen molar-refractivity contribution in [2.75, 3.05) is 6.54 Å². The lowest BCUT2D eigenvalue weighted by Gasteiger charge is -2.11. The monoisotopic (exact) mass is 294 g/mol. The number of benzene rings is 1. The smallest absolute Gasteiger partial charge is 0.141 e. The third kappa shape index (κ3) is 3.68. The van der Waals surface area contributed by atoms with Crippen molar-refractivity contribution in [3.8, 4) is 5.75 Å². The third-order valence-corrected chi connectivity index (χ3v) is 3.09. The Morgan fingerprint density at radius 1 is 1.30 bits per heavy atom. The SMILES string of the molecule is Cc1ccc(OCc2ccc(Cl)cc2F)c(CCN)n1. The number of halogens is 2. The second-order valence-corrected chi connectivity index (χ2v) is 4.90. The average molecular weight is 295 g/mol. The fraction of sp³-hybridized carbons (Fsp3) is 0.267. The maximum atomic E-state index is 13.7. The first-order chi connectivity index (χ1) is 9.60. The molecule has 2 N–H and O–H groups in total. The van der Waals surface area contributed by atoms with Crippen LogP contribution in [0.5, 0.6) is 5.75 Å². The molecule has 0 aliphatic heterocycles. The number of ether oxygens (including phenoxy) is 1. The summed E-state index contributed by atoms with van der Waals surface area (Å²) in [5.41, 5.74) is 7.70. The van der Waals surface area contributed by atoms with Gasteiger partial charge in [0, 0.05) is 22.7 Å². The summed E-state index contributed by atoms with van der Waals surface area (Å²) in [7, 11) is 0. The van der Waals surface area contributed by atoms with E-state index >= 15 is 0 Å². The van der Waals surface area contributed by atoms with Crippen LogP contribution in [-0.2, 0) is 13.0 Å². The fourth-order valence-corrected chi connectivity index (χ4v) is 2.00. The molecule has 0 saturated carbocycles. The number of hydrogen-bond acceptors (Lipinski definition) is 3. The van der Waals surface area contributed by atoms with E-state index in [4.69, 9.17) is 22.1 Å². The summed E-state index contributed by atoms with van der Waals surface area (Å²) in [6.07, 6.45) is 0.625. The first-order valence-electron chi connectivity index (χ1n) is 6.33. The van der Waals surface area contributed by atoms with Gasteiger partial charge in [-0.2, -0.15) is 0 Å². The minimum absolute atomic E-state index is 0.130. The lowest BCUT2D eigenvalue weighted by atomic mass is 10.2. The zero-order valence-electron chi connectivity index (χ0n) is 11.2. The van der Waals surface area contributed by atoms with Gasteiger partial charge in [-0.3, -0.25) is 4.98 Å². The van der Waals surface area contributed by atoms with Crippen LogP contribution in [0.3, 0.4) is 0 Å². The number of nitrogens with zero attached hydrogens (tertiary/aromatic N) is 1. The molecule has 5 heteroatoms. The maximum Gasteiger partial charge on any atom is 0.141 e. The topological polar surface area (TPSA) is 48.1 Å². The van der Waals surface area contributed by atoms with Crippen LogP contribution in [0.4, 0.5) is 4.39 Å². The summed E-state index contributed by atoms with van der Waals surface area (Å²) in [5, 5.41) is 0.368. The molecule has 0 bridgehead atoms. The van der Waals surface area contributed by atoms with Crippen LogP contribution in [0.2, 0.25) is 5.02 Å². The molecule has 0 radical (unpaired) electrons. The van der Waals surface area contributed by atoms with Gasteiger partial charge in [0.15, 0.2) is 0 Å². The Morgan fingerprint density at radius 2 is 2.10 bits per heavy atom. The van der Waals surface area contributed by atoms with Crippen LogP contribution in [-0.4, -0.2) is 11.5 Å². The van der Waals surface area contributed by atoms with Crippen molar-refractivity contribution in [2.45, 2.75) is 20.0 Å². The van der Waals surface area contributed by atoms with E-state index in [1.807, 2.05) is 19.1 Å². The Bertz CT molecular complexity index is 604. The molecule has 2 aromatic rings. The van der Waals surface area contributed by atoms with Gasteiger partial charge in [0.1, 0.15) is 18.2 Å². The molecular weight excluding hydrogens is 279 g/mol. The van der Waals surface area contributed by atoms with Crippen molar-refractivity contribution in [3.63, 3.8) is 0 Å². The van der Waals surface area contributed by atoms with E-state index in [2.05, 4.69) is 4.98 Å². The molecule has 1 aromatic carbocycles. The summed E-state index contributed by atoms with van der Waals surface area (Å²) >= 11 is 5.71. The Kier molecular flexibility index (Phi) is 4.93. The van der Waals surface area contributed by atoms with Crippen LogP contribution in [0.25, 0.3) is 0 Å². The van der Waals surface area contributed by atoms with Gasteiger partial charge in [-0.25, -0.2) is 4.39 Å². The standard InChI is InChI=1S/C15H16ClFN2O/c1-10-2-5-15(14(19-10)6-7-18)20-9-11-3-4-12(16)8-13(11)17/h2-5,8H,6-7,9,18H2,1H3. The second-order valence-electron chi connectivity index (χ2n) is 4.46. The number of aromatic nitrogens is 1. The molecule has 20 heavy (non-hydrogen) atoms. The van der Waals surface area contributed by atoms with E-state index in [1.165, 1.54) is 6.07 Å². The quantitative estimate of drug-likeness (QED) is 0.921. The van der Waals surface area contributed by atoms with Crippen LogP contribution in [0, 0.1) is 12.7 Å². The molecule has 2 rings (SSSR count). The number of hydrogen-bond donors (Lipinski definition) is 1. The lowest BCUT2D eigenvalue weighted by molar-refractivity contribution is 0.295. The van der Waals surface area contributed by atoms with Crippen molar-refractivity contribution in [3.05, 3.63) is 58.1 Å². The van der Waals surface area contributed by atoms with E-state index < -0.39 is 0 Å². The number of rotatable bonds is 5. The minimum Gasteiger partial charge on any atom is -0.487 e. The predicted molar refractivity (Wildman–Crippen MR) is 77.5 cm³/mol. The highest BCUT2D eigenvalue weighted by Crippen LogP contribution is 2.21. The molecule has 0 saturated heterocycles. The second kappa shape index (κ2) is 6.68. The maximum absolute atomic E-state index is 13.7. The largest absolute Gasteiger partial charge is 0.487 e. The fourth-order valence-electron chi connectivity index (χ4n) is 1.84. The van der Waals surface area contributed by atoms with Crippen molar-refractivity contribution < 1.29 is 9.13 Å². The van der Waals surface area contributed by atoms with Gasteiger partial charge in [0.05, 0.1) is 5.69 Å². The van der Waals surface area contributed by atoms with Gasteiger partial charge < -0.3 is 10.5 Å². The van der Waals surface area contributed by atoms with E-state index in [0.29, 0.717) is 29.3 Å². The molecule has 1 aromatic heterocycles. The highest BCUT2D eigenvalue weighted by atomic mass is 35.5. The molecule has 0 fully saturated rings. The van der Waals surface area contributed by atoms with Crippen molar-refractivity contribution >= 4 is 11.6 Å². The first-order valence-corrected chi connectivity index (χ1v) is 6.71. The van der Waals surface area contributed by atoms with Crippen LogP contribution in [0.15, 0.2) is 30.3 Å². The molecule has 0 aliphatic rings. The van der Waals surface area contributed by atoms with Crippen LogP contribution >= 0.6 is 11.6 Å². The number of aryl methyl sites for hydroxylation is 1. The molecule has 0 unspecified atom stereocenters. The number of nitrogens with two attached hydrogens (primary N) is 1. The normalized spacial score (nSPS) is 10.6. The molecule has 106 valence electrons. The molecule has 3 nitrogen and oxygen atoms in total. The van der Waals surface area contributed by atoms with Crippen molar-refractivity contribution in [1.82, 2.24) is 4.98 Å². The average Bonchev–Trinajstić information content (AvgIpc) is 2.40. The Labute approximate surface area is 122 Å². The van der Waals surface area contributed by atoms with Crippen molar-refractivity contribution in [2.24, 2.45) is 5.73 Å². The summed E-state index contributed by atoms with van der Waals surface area (Å²) in [5.74, 6) is 0.258. The molecule has 0 amide bonds. The zero-order chi connectivity index (χ0) is 14.5. The Hall–Kier alpha value is -1.65. The highest BCUT2D eigenvalue weighted by Gasteiger charge is 2.08. The van der Waals surface area contributed by atoms with Gasteiger partial charge in [-0.1, -0.05) is 17.7 Å². The summed E-state index contributed by atoms with van der Waals surface area (Å²) in [6, 6.07) is 8.21. The summed E-state index contributed by atoms with van der Waals surface area (Å²) in [4.78, 5) is 4.39. The number of pyridine rings is 1. The van der Waals surface area contributed by atoms with E-state index in [0.717, 1.165) is 11.4 Å². The van der Waals surface area contributed by atoms with E-state index in [-0.39, 0.29) is 12.4 Å². The summed E-state index contributed by atoms with van der Waals surface area (Å²) in [6.45, 7) is 2.52. The minimum atomic E-state index is -0.377. The lowest BCUT2D eigenvalue weighted by Crippen LogP contribution is -2.08. The molecule has 0 aliphatic carbocycles. The van der Waals surface area contributed by atoms with E-state index in [1.54, 1.807) is 12.1 Å². The molecule has 0 atom stereocenters. The Balaban J connectivity index is 2.14. The Morgan fingerprint density at radius 3 is 2.80 bits per heavy atom. The third-order valence-electron chi connectivity index (χ3n) is 2.85. The van der Waals surface area contributed by atoms with Crippen LogP contribution in [0.1, 0.15) is 17.0 Å². The van der Waals surface area contributed by atoms with Gasteiger partial charge in [0.25, 0.3) is 0 Å². The van der Waals surface area contributed by atoms with Gasteiger partial charge in [-0.15, -0.1) is 0 Å². The molecule has 1 heterocycles. The molecule has 0 spiro atoms. The zero-order valence-corrected chi connectivity index (χ0v) is 12.0.